The van der Waals surface area contributed by atoms with Crippen molar-refractivity contribution in [2.45, 2.75) is 77.1 Å². The van der Waals surface area contributed by atoms with Crippen LogP contribution in [0.15, 0.2) is 60.7 Å². The minimum absolute atomic E-state index is 0.00196. The zero-order valence-electron chi connectivity index (χ0n) is 27.0. The monoisotopic (exact) mass is 649 g/mol. The van der Waals surface area contributed by atoms with E-state index in [0.717, 1.165) is 28.3 Å². The van der Waals surface area contributed by atoms with E-state index in [2.05, 4.69) is 43.9 Å². The topological polar surface area (TPSA) is 87.9 Å². The van der Waals surface area contributed by atoms with E-state index in [1.54, 1.807) is 0 Å². The summed E-state index contributed by atoms with van der Waals surface area (Å²) in [6.45, 7) is 14.5. The van der Waals surface area contributed by atoms with Gasteiger partial charge in [0, 0.05) is 26.2 Å². The van der Waals surface area contributed by atoms with E-state index in [1.165, 1.54) is 0 Å². The van der Waals surface area contributed by atoms with Crippen LogP contribution in [-0.2, 0) is 20.9 Å². The molecule has 0 bridgehead atoms. The maximum absolute atomic E-state index is 10.6. The number of hydrogen-bond donors (Lipinski definition) is 1. The standard InChI is InChI=1S/C35H44ClN3O5Si/c1-22(35(2,3)40)26-19-42-32-29(20-43-31(26)32)44-34-38-33-28(39(34)21-41-16-17-45(4,5)6)18-27(36)30(37-33)25-14-12-24(13-15-25)23-10-8-7-9-11-23/h7-15,18,22,26,29,31-32,40H,16-17,19-21H2,1-6H3/t22?,26?,29-,31-,32-/m1/s1. The number of benzene rings is 2. The lowest BCUT2D eigenvalue weighted by atomic mass is 9.79. The molecular formula is C35H44ClN3O5Si. The summed E-state index contributed by atoms with van der Waals surface area (Å²) in [5.74, 6) is 0.0748. The fraction of sp³-hybridized carbons (Fsp3) is 0.486. The Morgan fingerprint density at radius 2 is 1.64 bits per heavy atom. The number of aromatic nitrogens is 3. The Labute approximate surface area is 271 Å². The Morgan fingerprint density at radius 3 is 2.33 bits per heavy atom. The Bertz CT molecular complexity index is 1620. The van der Waals surface area contributed by atoms with E-state index in [1.807, 2.05) is 61.7 Å². The van der Waals surface area contributed by atoms with E-state index in [0.29, 0.717) is 42.2 Å². The molecule has 0 radical (unpaired) electrons. The molecule has 0 amide bonds. The van der Waals surface area contributed by atoms with Gasteiger partial charge in [-0.2, -0.15) is 4.98 Å². The molecule has 0 spiro atoms. The molecule has 2 aromatic carbocycles. The second-order valence-corrected chi connectivity index (χ2v) is 20.2. The van der Waals surface area contributed by atoms with Gasteiger partial charge in [0.05, 0.1) is 41.2 Å². The number of aliphatic hydroxyl groups is 1. The highest BCUT2D eigenvalue weighted by Crippen LogP contribution is 2.40. The molecule has 2 saturated heterocycles. The molecule has 4 heterocycles. The molecule has 2 fully saturated rings. The van der Waals surface area contributed by atoms with Crippen LogP contribution in [0.25, 0.3) is 33.5 Å². The number of ether oxygens (including phenoxy) is 4. The molecule has 1 N–H and O–H groups in total. The van der Waals surface area contributed by atoms with E-state index in [4.69, 9.17) is 40.5 Å². The summed E-state index contributed by atoms with van der Waals surface area (Å²) >= 11 is 6.88. The lowest BCUT2D eigenvalue weighted by Crippen LogP contribution is -2.40. The number of rotatable bonds is 11. The van der Waals surface area contributed by atoms with Gasteiger partial charge < -0.3 is 24.1 Å². The van der Waals surface area contributed by atoms with Gasteiger partial charge in [-0.1, -0.05) is 92.8 Å². The van der Waals surface area contributed by atoms with E-state index in [9.17, 15) is 5.11 Å². The minimum atomic E-state index is -1.27. The van der Waals surface area contributed by atoms with Crippen molar-refractivity contribution in [2.24, 2.45) is 11.8 Å². The molecular weight excluding hydrogens is 606 g/mol. The lowest BCUT2D eigenvalue weighted by Gasteiger charge is -2.32. The van der Waals surface area contributed by atoms with E-state index >= 15 is 0 Å². The summed E-state index contributed by atoms with van der Waals surface area (Å²) in [7, 11) is -1.27. The van der Waals surface area contributed by atoms with Gasteiger partial charge >= 0.3 is 6.01 Å². The second-order valence-electron chi connectivity index (χ2n) is 14.1. The predicted molar refractivity (Wildman–Crippen MR) is 180 cm³/mol. The highest BCUT2D eigenvalue weighted by atomic mass is 35.5. The van der Waals surface area contributed by atoms with Crippen LogP contribution in [0.5, 0.6) is 6.01 Å². The van der Waals surface area contributed by atoms with E-state index < -0.39 is 13.7 Å². The Morgan fingerprint density at radius 1 is 0.978 bits per heavy atom. The van der Waals surface area contributed by atoms with Gasteiger partial charge in [-0.3, -0.25) is 4.57 Å². The first-order valence-electron chi connectivity index (χ1n) is 15.8. The van der Waals surface area contributed by atoms with Gasteiger partial charge in [0.1, 0.15) is 12.8 Å². The number of nitrogens with zero attached hydrogens (tertiary/aromatic N) is 3. The first-order valence-corrected chi connectivity index (χ1v) is 19.9. The third kappa shape index (κ3) is 6.99. The summed E-state index contributed by atoms with van der Waals surface area (Å²) in [6, 6.07) is 21.8. The van der Waals surface area contributed by atoms with Crippen molar-refractivity contribution in [3.05, 3.63) is 65.7 Å². The van der Waals surface area contributed by atoms with Crippen molar-refractivity contribution in [2.75, 3.05) is 19.8 Å². The fourth-order valence-corrected chi connectivity index (χ4v) is 7.10. The smallest absolute Gasteiger partial charge is 0.301 e. The molecule has 8 nitrogen and oxygen atoms in total. The molecule has 2 aromatic heterocycles. The Balaban J connectivity index is 1.28. The molecule has 0 aliphatic carbocycles. The van der Waals surface area contributed by atoms with Crippen LogP contribution in [0.4, 0.5) is 0 Å². The van der Waals surface area contributed by atoms with Crippen LogP contribution in [0.3, 0.4) is 0 Å². The highest BCUT2D eigenvalue weighted by molar-refractivity contribution is 6.76. The van der Waals surface area contributed by atoms with E-state index in [-0.39, 0.29) is 36.9 Å². The second kappa shape index (κ2) is 12.8. The first-order chi connectivity index (χ1) is 21.4. The van der Waals surface area contributed by atoms with Crippen molar-refractivity contribution in [3.8, 4) is 28.4 Å². The molecule has 2 aliphatic heterocycles. The highest BCUT2D eigenvalue weighted by Gasteiger charge is 2.52. The van der Waals surface area contributed by atoms with Crippen LogP contribution < -0.4 is 4.74 Å². The quantitative estimate of drug-likeness (QED) is 0.135. The Hall–Kier alpha value is -2.79. The number of imidazole rings is 1. The normalized spacial score (nSPS) is 22.6. The molecule has 240 valence electrons. The van der Waals surface area contributed by atoms with Gasteiger partial charge in [-0.25, -0.2) is 4.98 Å². The fourth-order valence-electron chi connectivity index (χ4n) is 6.09. The predicted octanol–water partition coefficient (Wildman–Crippen LogP) is 7.30. The van der Waals surface area contributed by atoms with Crippen LogP contribution >= 0.6 is 11.6 Å². The number of fused-ring (bicyclic) bond motifs is 2. The average Bonchev–Trinajstić information content (AvgIpc) is 3.69. The van der Waals surface area contributed by atoms with Crippen LogP contribution in [0.2, 0.25) is 30.7 Å². The summed E-state index contributed by atoms with van der Waals surface area (Å²) in [4.78, 5) is 9.77. The third-order valence-corrected chi connectivity index (χ3v) is 11.2. The molecule has 10 heteroatoms. The van der Waals surface area contributed by atoms with Gasteiger partial charge in [0.2, 0.25) is 0 Å². The van der Waals surface area contributed by atoms with Gasteiger partial charge in [0.15, 0.2) is 11.8 Å². The molecule has 0 saturated carbocycles. The molecule has 2 aliphatic rings. The molecule has 2 unspecified atom stereocenters. The summed E-state index contributed by atoms with van der Waals surface area (Å²) in [5.41, 5.74) is 4.27. The van der Waals surface area contributed by atoms with Crippen LogP contribution in [0, 0.1) is 11.8 Å². The van der Waals surface area contributed by atoms with Crippen molar-refractivity contribution >= 4 is 30.8 Å². The summed E-state index contributed by atoms with van der Waals surface area (Å²) < 4.78 is 27.1. The minimum Gasteiger partial charge on any atom is -0.456 e. The summed E-state index contributed by atoms with van der Waals surface area (Å²) in [6.07, 6.45) is -0.761. The SMILES string of the molecule is CC(C1CO[C@H]2[C@@H]1OC[C@H]2Oc1nc2nc(-c3ccc(-c4ccccc4)cc3)c(Cl)cc2n1COCC[Si](C)(C)C)C(C)(C)O. The lowest BCUT2D eigenvalue weighted by molar-refractivity contribution is -0.0377. The van der Waals surface area contributed by atoms with Crippen LogP contribution in [0.1, 0.15) is 20.8 Å². The van der Waals surface area contributed by atoms with Crippen molar-refractivity contribution in [1.29, 1.82) is 0 Å². The summed E-state index contributed by atoms with van der Waals surface area (Å²) in [5, 5.41) is 11.2. The van der Waals surface area contributed by atoms with Crippen molar-refractivity contribution < 1.29 is 24.1 Å². The van der Waals surface area contributed by atoms with Gasteiger partial charge in [-0.15, -0.1) is 0 Å². The number of halogens is 1. The number of hydrogen-bond acceptors (Lipinski definition) is 7. The number of pyridine rings is 1. The molecule has 6 rings (SSSR count). The molecule has 45 heavy (non-hydrogen) atoms. The van der Waals surface area contributed by atoms with Crippen molar-refractivity contribution in [1.82, 2.24) is 14.5 Å². The van der Waals surface area contributed by atoms with Gasteiger partial charge in [0.25, 0.3) is 0 Å². The van der Waals surface area contributed by atoms with Crippen molar-refractivity contribution in [3.63, 3.8) is 0 Å². The maximum atomic E-state index is 10.6. The van der Waals surface area contributed by atoms with Crippen LogP contribution in [-0.4, -0.2) is 71.4 Å². The zero-order chi connectivity index (χ0) is 31.9. The molecule has 4 aromatic rings. The maximum Gasteiger partial charge on any atom is 0.301 e. The zero-order valence-corrected chi connectivity index (χ0v) is 28.8. The Kier molecular flexibility index (Phi) is 9.13. The average molecular weight is 650 g/mol. The molecule has 5 atom stereocenters. The van der Waals surface area contributed by atoms with Gasteiger partial charge in [-0.05, 0) is 43.0 Å². The third-order valence-electron chi connectivity index (χ3n) is 9.20. The largest absolute Gasteiger partial charge is 0.456 e. The first kappa shape index (κ1) is 32.2.